The molecule has 230 valence electrons. The van der Waals surface area contributed by atoms with Crippen LogP contribution >= 0.6 is 0 Å². The molecule has 1 spiro atoms. The van der Waals surface area contributed by atoms with Gasteiger partial charge in [0.15, 0.2) is 0 Å². The number of aliphatic hydroxyl groups excluding tert-OH is 1. The van der Waals surface area contributed by atoms with Gasteiger partial charge in [0.25, 0.3) is 5.91 Å². The SMILES string of the molecule is C=CCCCCOC(=O)[C@H]1[C@H]2C(=O)N(CCO)C(C(=O)N(CC=C)c3ccc(N(CC)CC)cc3)C23CC(C)[C@]1(C)O3. The molecule has 4 rings (SSSR count). The number of fused-ring (bicyclic) bond motifs is 1. The fraction of sp³-hybridized carbons (Fsp3) is 0.606. The van der Waals surface area contributed by atoms with E-state index in [0.29, 0.717) is 18.5 Å². The highest BCUT2D eigenvalue weighted by atomic mass is 16.6. The molecular formula is C33H47N3O6. The predicted octanol–water partition coefficient (Wildman–Crippen LogP) is 3.95. The first-order valence-corrected chi connectivity index (χ1v) is 15.3. The van der Waals surface area contributed by atoms with Crippen LogP contribution in [0.2, 0.25) is 0 Å². The van der Waals surface area contributed by atoms with Crippen molar-refractivity contribution < 1.29 is 29.0 Å². The smallest absolute Gasteiger partial charge is 0.312 e. The number of aliphatic hydroxyl groups is 1. The number of rotatable bonds is 15. The summed E-state index contributed by atoms with van der Waals surface area (Å²) in [5, 5.41) is 9.95. The van der Waals surface area contributed by atoms with Gasteiger partial charge in [0, 0.05) is 37.6 Å². The fourth-order valence-corrected chi connectivity index (χ4v) is 7.41. The van der Waals surface area contributed by atoms with Crippen LogP contribution in [-0.2, 0) is 23.9 Å². The van der Waals surface area contributed by atoms with Crippen molar-refractivity contribution in [1.29, 1.82) is 0 Å². The number of β-amino-alcohol motifs (C(OH)–C–C–N with tert-alkyl or cyclic N) is 1. The Balaban J connectivity index is 1.69. The third-order valence-corrected chi connectivity index (χ3v) is 9.56. The lowest BCUT2D eigenvalue weighted by atomic mass is 9.62. The quantitative estimate of drug-likeness (QED) is 0.190. The van der Waals surface area contributed by atoms with E-state index in [0.717, 1.165) is 31.6 Å². The van der Waals surface area contributed by atoms with Gasteiger partial charge in [-0.15, -0.1) is 13.2 Å². The average molecular weight is 582 g/mol. The molecule has 9 heteroatoms. The van der Waals surface area contributed by atoms with Crippen molar-refractivity contribution in [2.45, 2.75) is 70.6 Å². The zero-order chi connectivity index (χ0) is 30.7. The van der Waals surface area contributed by atoms with Crippen LogP contribution < -0.4 is 9.80 Å². The highest BCUT2D eigenvalue weighted by Crippen LogP contribution is 2.65. The third-order valence-electron chi connectivity index (χ3n) is 9.56. The Morgan fingerprint density at radius 1 is 1.14 bits per heavy atom. The van der Waals surface area contributed by atoms with E-state index < -0.39 is 35.0 Å². The molecule has 0 radical (unpaired) electrons. The van der Waals surface area contributed by atoms with E-state index in [1.165, 1.54) is 4.90 Å². The fourth-order valence-electron chi connectivity index (χ4n) is 7.41. The lowest BCUT2D eigenvalue weighted by molar-refractivity contribution is -0.161. The van der Waals surface area contributed by atoms with Crippen molar-refractivity contribution >= 4 is 29.2 Å². The van der Waals surface area contributed by atoms with E-state index in [1.54, 1.807) is 11.0 Å². The van der Waals surface area contributed by atoms with Crippen LogP contribution in [0, 0.1) is 17.8 Å². The number of allylic oxidation sites excluding steroid dienone is 1. The number of hydrogen-bond donors (Lipinski definition) is 1. The van der Waals surface area contributed by atoms with Gasteiger partial charge < -0.3 is 29.3 Å². The van der Waals surface area contributed by atoms with Gasteiger partial charge in [-0.25, -0.2) is 0 Å². The molecule has 3 aliphatic rings. The lowest BCUT2D eigenvalue weighted by Gasteiger charge is -2.37. The number of benzene rings is 1. The second-order valence-electron chi connectivity index (χ2n) is 11.8. The maximum Gasteiger partial charge on any atom is 0.312 e. The summed E-state index contributed by atoms with van der Waals surface area (Å²) >= 11 is 0. The van der Waals surface area contributed by atoms with E-state index in [4.69, 9.17) is 9.47 Å². The van der Waals surface area contributed by atoms with Gasteiger partial charge >= 0.3 is 5.97 Å². The molecule has 2 amide bonds. The number of esters is 1. The van der Waals surface area contributed by atoms with Crippen molar-refractivity contribution in [3.8, 4) is 0 Å². The molecule has 3 aliphatic heterocycles. The molecule has 6 atom stereocenters. The Morgan fingerprint density at radius 2 is 1.81 bits per heavy atom. The Labute approximate surface area is 250 Å². The Hall–Kier alpha value is -3.17. The third kappa shape index (κ3) is 5.26. The molecule has 0 aliphatic carbocycles. The molecule has 2 bridgehead atoms. The van der Waals surface area contributed by atoms with Gasteiger partial charge in [0.05, 0.1) is 24.7 Å². The monoisotopic (exact) mass is 581 g/mol. The minimum Gasteiger partial charge on any atom is -0.465 e. The number of nitrogens with zero attached hydrogens (tertiary/aromatic N) is 3. The van der Waals surface area contributed by atoms with Crippen LogP contribution in [0.3, 0.4) is 0 Å². The molecule has 1 aromatic rings. The summed E-state index contributed by atoms with van der Waals surface area (Å²) in [6.07, 6.45) is 6.32. The molecule has 0 aromatic heterocycles. The van der Waals surface area contributed by atoms with Crippen molar-refractivity contribution in [3.63, 3.8) is 0 Å². The maximum atomic E-state index is 14.6. The molecule has 3 unspecified atom stereocenters. The van der Waals surface area contributed by atoms with Crippen LogP contribution in [0.25, 0.3) is 0 Å². The second-order valence-corrected chi connectivity index (χ2v) is 11.8. The Kier molecular flexibility index (Phi) is 9.83. The van der Waals surface area contributed by atoms with Gasteiger partial charge in [-0.05, 0) is 76.6 Å². The van der Waals surface area contributed by atoms with E-state index in [9.17, 15) is 19.5 Å². The van der Waals surface area contributed by atoms with E-state index in [1.807, 2.05) is 44.2 Å². The largest absolute Gasteiger partial charge is 0.465 e. The number of hydrogen-bond acceptors (Lipinski definition) is 7. The maximum absolute atomic E-state index is 14.6. The number of carbonyl (C=O) groups excluding carboxylic acids is 3. The minimum atomic E-state index is -1.20. The molecule has 42 heavy (non-hydrogen) atoms. The van der Waals surface area contributed by atoms with Crippen molar-refractivity contribution in [2.75, 3.05) is 49.2 Å². The number of likely N-dealkylation sites (tertiary alicyclic amines) is 1. The molecule has 0 saturated carbocycles. The summed E-state index contributed by atoms with van der Waals surface area (Å²) in [5.74, 6) is -2.92. The summed E-state index contributed by atoms with van der Waals surface area (Å²) in [6, 6.07) is 6.78. The van der Waals surface area contributed by atoms with Gasteiger partial charge in [-0.2, -0.15) is 0 Å². The number of ether oxygens (including phenoxy) is 2. The topological polar surface area (TPSA) is 99.6 Å². The van der Waals surface area contributed by atoms with Crippen LogP contribution in [0.15, 0.2) is 49.6 Å². The summed E-state index contributed by atoms with van der Waals surface area (Å²) in [6.45, 7) is 17.5. The average Bonchev–Trinajstić information content (AvgIpc) is 3.49. The molecule has 3 fully saturated rings. The first-order valence-electron chi connectivity index (χ1n) is 15.3. The van der Waals surface area contributed by atoms with Gasteiger partial charge in [-0.3, -0.25) is 14.4 Å². The van der Waals surface area contributed by atoms with Crippen LogP contribution in [-0.4, -0.2) is 84.4 Å². The van der Waals surface area contributed by atoms with Crippen LogP contribution in [0.4, 0.5) is 11.4 Å². The molecule has 9 nitrogen and oxygen atoms in total. The van der Waals surface area contributed by atoms with Gasteiger partial charge in [0.1, 0.15) is 17.6 Å². The molecular weight excluding hydrogens is 534 g/mol. The molecule has 3 heterocycles. The highest BCUT2D eigenvalue weighted by molar-refractivity contribution is 6.05. The first kappa shape index (κ1) is 31.8. The van der Waals surface area contributed by atoms with E-state index in [-0.39, 0.29) is 44.0 Å². The van der Waals surface area contributed by atoms with Crippen molar-refractivity contribution in [1.82, 2.24) is 4.90 Å². The van der Waals surface area contributed by atoms with E-state index >= 15 is 0 Å². The van der Waals surface area contributed by atoms with E-state index in [2.05, 4.69) is 31.9 Å². The standard InChI is InChI=1S/C33H47N3O6/c1-7-11-12-13-21-41-31(40)27-26-29(38)36(19-20-37)28(33(26)22-23(5)32(27,6)42-33)30(39)35(18-8-2)25-16-14-24(15-17-25)34(9-3)10-4/h7-8,14-17,23,26-28,37H,1-2,9-13,18-22H2,3-6H3/t23?,26-,27+,28?,32-,33?/m0/s1. The predicted molar refractivity (Wildman–Crippen MR) is 163 cm³/mol. The minimum absolute atomic E-state index is 0.0336. The normalized spacial score (nSPS) is 29.4. The number of carbonyl (C=O) groups is 3. The number of unbranched alkanes of at least 4 members (excludes halogenated alkanes) is 2. The first-order chi connectivity index (χ1) is 20.1. The number of amides is 2. The second kappa shape index (κ2) is 13.0. The Morgan fingerprint density at radius 3 is 2.40 bits per heavy atom. The summed E-state index contributed by atoms with van der Waals surface area (Å²) in [7, 11) is 0. The Bertz CT molecular complexity index is 1170. The zero-order valence-corrected chi connectivity index (χ0v) is 25.6. The van der Waals surface area contributed by atoms with Crippen LogP contribution in [0.5, 0.6) is 0 Å². The number of anilines is 2. The summed E-state index contributed by atoms with van der Waals surface area (Å²) in [4.78, 5) is 47.5. The van der Waals surface area contributed by atoms with Crippen molar-refractivity contribution in [2.24, 2.45) is 17.8 Å². The van der Waals surface area contributed by atoms with Crippen molar-refractivity contribution in [3.05, 3.63) is 49.6 Å². The molecule has 3 saturated heterocycles. The summed E-state index contributed by atoms with van der Waals surface area (Å²) in [5.41, 5.74) is -0.423. The highest BCUT2D eigenvalue weighted by Gasteiger charge is 2.80. The van der Waals surface area contributed by atoms with Gasteiger partial charge in [-0.1, -0.05) is 19.1 Å². The molecule has 1 N–H and O–H groups in total. The molecule has 1 aromatic carbocycles. The van der Waals surface area contributed by atoms with Gasteiger partial charge in [0.2, 0.25) is 5.91 Å². The zero-order valence-electron chi connectivity index (χ0n) is 25.6. The summed E-state index contributed by atoms with van der Waals surface area (Å²) < 4.78 is 12.4. The lowest BCUT2D eigenvalue weighted by Crippen LogP contribution is -2.57. The van der Waals surface area contributed by atoms with Crippen LogP contribution in [0.1, 0.15) is 53.4 Å².